The number of carboxylic acid groups (broad SMARTS) is 1. The van der Waals surface area contributed by atoms with Gasteiger partial charge in [-0.15, -0.1) is 0 Å². The SMILES string of the molecule is CN(C(=O)C1CCCN1C(=O)O)c1nccnc1Cl. The molecule has 1 saturated heterocycles. The lowest BCUT2D eigenvalue weighted by Gasteiger charge is -2.25. The van der Waals surface area contributed by atoms with Crippen LogP contribution in [0, 0.1) is 0 Å². The molecule has 0 spiro atoms. The predicted molar refractivity (Wildman–Crippen MR) is 68.2 cm³/mol. The lowest BCUT2D eigenvalue weighted by molar-refractivity contribution is -0.122. The molecule has 0 radical (unpaired) electrons. The van der Waals surface area contributed by atoms with Crippen LogP contribution in [0.25, 0.3) is 0 Å². The van der Waals surface area contributed by atoms with Crippen LogP contribution >= 0.6 is 11.6 Å². The topological polar surface area (TPSA) is 86.6 Å². The van der Waals surface area contributed by atoms with Gasteiger partial charge >= 0.3 is 6.09 Å². The molecule has 1 fully saturated rings. The second-order valence-corrected chi connectivity index (χ2v) is 4.56. The Hall–Kier alpha value is -1.89. The molecule has 0 bridgehead atoms. The third-order valence-corrected chi connectivity index (χ3v) is 3.33. The maximum atomic E-state index is 12.3. The van der Waals surface area contributed by atoms with Crippen LogP contribution < -0.4 is 4.90 Å². The third-order valence-electron chi connectivity index (χ3n) is 3.07. The second-order valence-electron chi connectivity index (χ2n) is 4.20. The molecule has 0 saturated carbocycles. The summed E-state index contributed by atoms with van der Waals surface area (Å²) < 4.78 is 0. The average molecular weight is 285 g/mol. The van der Waals surface area contributed by atoms with Crippen LogP contribution in [-0.4, -0.2) is 51.6 Å². The van der Waals surface area contributed by atoms with Crippen molar-refractivity contribution in [1.29, 1.82) is 0 Å². The molecule has 8 heteroatoms. The van der Waals surface area contributed by atoms with Crippen molar-refractivity contribution in [1.82, 2.24) is 14.9 Å². The highest BCUT2D eigenvalue weighted by Gasteiger charge is 2.36. The van der Waals surface area contributed by atoms with E-state index in [0.717, 1.165) is 4.90 Å². The van der Waals surface area contributed by atoms with E-state index in [1.54, 1.807) is 0 Å². The van der Waals surface area contributed by atoms with Gasteiger partial charge in [0.15, 0.2) is 11.0 Å². The van der Waals surface area contributed by atoms with Gasteiger partial charge in [0.05, 0.1) is 0 Å². The number of carbonyl (C=O) groups is 2. The van der Waals surface area contributed by atoms with Crippen molar-refractivity contribution in [2.24, 2.45) is 0 Å². The summed E-state index contributed by atoms with van der Waals surface area (Å²) >= 11 is 5.87. The summed E-state index contributed by atoms with van der Waals surface area (Å²) in [5.41, 5.74) is 0. The van der Waals surface area contributed by atoms with E-state index in [2.05, 4.69) is 9.97 Å². The first-order valence-corrected chi connectivity index (χ1v) is 6.14. The summed E-state index contributed by atoms with van der Waals surface area (Å²) in [6.45, 7) is 0.369. The largest absolute Gasteiger partial charge is 0.465 e. The Morgan fingerprint density at radius 3 is 2.79 bits per heavy atom. The van der Waals surface area contributed by atoms with E-state index in [9.17, 15) is 9.59 Å². The first-order chi connectivity index (χ1) is 9.02. The van der Waals surface area contributed by atoms with E-state index in [0.29, 0.717) is 19.4 Å². The molecule has 102 valence electrons. The maximum absolute atomic E-state index is 12.3. The van der Waals surface area contributed by atoms with Crippen LogP contribution in [0.15, 0.2) is 12.4 Å². The van der Waals surface area contributed by atoms with Gasteiger partial charge in [0.2, 0.25) is 0 Å². The summed E-state index contributed by atoms with van der Waals surface area (Å²) in [5, 5.41) is 9.15. The fraction of sp³-hybridized carbons (Fsp3) is 0.455. The number of anilines is 1. The molecular formula is C11H13ClN4O3. The summed E-state index contributed by atoms with van der Waals surface area (Å²) in [7, 11) is 1.51. The Labute approximate surface area is 114 Å². The molecule has 2 amide bonds. The number of rotatable bonds is 2. The molecule has 1 aliphatic heterocycles. The van der Waals surface area contributed by atoms with E-state index in [-0.39, 0.29) is 16.9 Å². The Morgan fingerprint density at radius 2 is 2.16 bits per heavy atom. The van der Waals surface area contributed by atoms with Crippen LogP contribution in [0.3, 0.4) is 0 Å². The Balaban J connectivity index is 2.20. The number of nitrogens with zero attached hydrogens (tertiary/aromatic N) is 4. The standard InChI is InChI=1S/C11H13ClN4O3/c1-15(9-8(12)13-4-5-14-9)10(17)7-3-2-6-16(7)11(18)19/h4-5,7H,2-3,6H2,1H3,(H,18,19). The van der Waals surface area contributed by atoms with E-state index in [1.165, 1.54) is 24.3 Å². The number of likely N-dealkylation sites (tertiary alicyclic amines) is 1. The molecule has 19 heavy (non-hydrogen) atoms. The number of amides is 2. The molecular weight excluding hydrogens is 272 g/mol. The minimum atomic E-state index is -1.09. The highest BCUT2D eigenvalue weighted by molar-refractivity contribution is 6.32. The van der Waals surface area contributed by atoms with E-state index >= 15 is 0 Å². The van der Waals surface area contributed by atoms with Gasteiger partial charge < -0.3 is 5.11 Å². The zero-order valence-corrected chi connectivity index (χ0v) is 11.0. The van der Waals surface area contributed by atoms with Gasteiger partial charge in [0.1, 0.15) is 6.04 Å². The minimum absolute atomic E-state index is 0.109. The quantitative estimate of drug-likeness (QED) is 0.883. The zero-order valence-electron chi connectivity index (χ0n) is 10.3. The fourth-order valence-electron chi connectivity index (χ4n) is 2.12. The minimum Gasteiger partial charge on any atom is -0.465 e. The molecule has 0 aliphatic carbocycles. The zero-order chi connectivity index (χ0) is 14.0. The van der Waals surface area contributed by atoms with E-state index < -0.39 is 12.1 Å². The number of likely N-dealkylation sites (N-methyl/N-ethyl adjacent to an activating group) is 1. The maximum Gasteiger partial charge on any atom is 0.407 e. The van der Waals surface area contributed by atoms with Crippen LogP contribution in [0.4, 0.5) is 10.6 Å². The first-order valence-electron chi connectivity index (χ1n) is 5.76. The van der Waals surface area contributed by atoms with E-state index in [1.807, 2.05) is 0 Å². The monoisotopic (exact) mass is 284 g/mol. The predicted octanol–water partition coefficient (Wildman–Crippen LogP) is 1.24. The lowest BCUT2D eigenvalue weighted by atomic mass is 10.2. The van der Waals surface area contributed by atoms with Crippen LogP contribution in [0.1, 0.15) is 12.8 Å². The van der Waals surface area contributed by atoms with Crippen LogP contribution in [0.5, 0.6) is 0 Å². The second kappa shape index (κ2) is 5.40. The van der Waals surface area contributed by atoms with Gasteiger partial charge in [-0.3, -0.25) is 14.6 Å². The number of halogens is 1. The van der Waals surface area contributed by atoms with Crippen LogP contribution in [0.2, 0.25) is 5.15 Å². The molecule has 2 rings (SSSR count). The highest BCUT2D eigenvalue weighted by atomic mass is 35.5. The molecule has 7 nitrogen and oxygen atoms in total. The fourth-order valence-corrected chi connectivity index (χ4v) is 2.35. The van der Waals surface area contributed by atoms with Crippen molar-refractivity contribution >= 4 is 29.4 Å². The first kappa shape index (κ1) is 13.5. The lowest BCUT2D eigenvalue weighted by Crippen LogP contribution is -2.46. The van der Waals surface area contributed by atoms with Crippen molar-refractivity contribution in [3.8, 4) is 0 Å². The van der Waals surface area contributed by atoms with Crippen molar-refractivity contribution in [2.75, 3.05) is 18.5 Å². The van der Waals surface area contributed by atoms with Crippen molar-refractivity contribution < 1.29 is 14.7 Å². The Kier molecular flexibility index (Phi) is 3.84. The number of carbonyl (C=O) groups excluding carboxylic acids is 1. The summed E-state index contributed by atoms with van der Waals surface area (Å²) in [5.74, 6) is -0.117. The molecule has 1 aliphatic rings. The molecule has 2 heterocycles. The van der Waals surface area contributed by atoms with Crippen LogP contribution in [-0.2, 0) is 4.79 Å². The van der Waals surface area contributed by atoms with Gasteiger partial charge in [0.25, 0.3) is 5.91 Å². The molecule has 1 atom stereocenters. The summed E-state index contributed by atoms with van der Waals surface area (Å²) in [4.78, 5) is 33.6. The number of hydrogen-bond acceptors (Lipinski definition) is 4. The van der Waals surface area contributed by atoms with Crippen molar-refractivity contribution in [3.05, 3.63) is 17.5 Å². The number of hydrogen-bond donors (Lipinski definition) is 1. The van der Waals surface area contributed by atoms with Gasteiger partial charge in [0, 0.05) is 26.0 Å². The third kappa shape index (κ3) is 2.60. The van der Waals surface area contributed by atoms with Gasteiger partial charge in [-0.1, -0.05) is 11.6 Å². The summed E-state index contributed by atoms with van der Waals surface area (Å²) in [6.07, 6.45) is 2.94. The molecule has 1 unspecified atom stereocenters. The smallest absolute Gasteiger partial charge is 0.407 e. The van der Waals surface area contributed by atoms with Crippen molar-refractivity contribution in [3.63, 3.8) is 0 Å². The van der Waals surface area contributed by atoms with Gasteiger partial charge in [-0.25, -0.2) is 14.8 Å². The van der Waals surface area contributed by atoms with Gasteiger partial charge in [-0.05, 0) is 12.8 Å². The van der Waals surface area contributed by atoms with E-state index in [4.69, 9.17) is 16.7 Å². The molecule has 1 aromatic heterocycles. The Bertz CT molecular complexity index is 510. The highest BCUT2D eigenvalue weighted by Crippen LogP contribution is 2.24. The summed E-state index contributed by atoms with van der Waals surface area (Å²) in [6, 6.07) is -0.680. The normalized spacial score (nSPS) is 18.4. The van der Waals surface area contributed by atoms with Gasteiger partial charge in [-0.2, -0.15) is 0 Å². The molecule has 1 N–H and O–H groups in total. The Morgan fingerprint density at radius 1 is 1.47 bits per heavy atom. The molecule has 1 aromatic rings. The number of aromatic nitrogens is 2. The average Bonchev–Trinajstić information content (AvgIpc) is 2.87. The molecule has 0 aromatic carbocycles. The van der Waals surface area contributed by atoms with Crippen molar-refractivity contribution in [2.45, 2.75) is 18.9 Å².